The summed E-state index contributed by atoms with van der Waals surface area (Å²) >= 11 is 6.34. The lowest BCUT2D eigenvalue weighted by Crippen LogP contribution is -2.51. The zero-order chi connectivity index (χ0) is 28.6. The van der Waals surface area contributed by atoms with Gasteiger partial charge in [0.2, 0.25) is 0 Å². The number of ether oxygens (including phenoxy) is 1. The van der Waals surface area contributed by atoms with Gasteiger partial charge in [0.25, 0.3) is 11.8 Å². The van der Waals surface area contributed by atoms with Gasteiger partial charge in [0.15, 0.2) is 0 Å². The minimum Gasteiger partial charge on any atom is -0.444 e. The summed E-state index contributed by atoms with van der Waals surface area (Å²) in [6.07, 6.45) is 10.8. The Bertz CT molecular complexity index is 1230. The van der Waals surface area contributed by atoms with Gasteiger partial charge >= 0.3 is 6.09 Å². The highest BCUT2D eigenvalue weighted by Crippen LogP contribution is 2.29. The quantitative estimate of drug-likeness (QED) is 0.337. The van der Waals surface area contributed by atoms with E-state index in [9.17, 15) is 14.4 Å². The third-order valence-electron chi connectivity index (χ3n) is 5.44. The lowest BCUT2D eigenvalue weighted by Gasteiger charge is -2.31. The number of hydrogen-bond acceptors (Lipinski definition) is 4. The predicted molar refractivity (Wildman–Crippen MR) is 150 cm³/mol. The third-order valence-corrected chi connectivity index (χ3v) is 5.76. The maximum atomic E-state index is 13.8. The van der Waals surface area contributed by atoms with E-state index in [-0.39, 0.29) is 12.3 Å². The maximum absolute atomic E-state index is 13.8. The van der Waals surface area contributed by atoms with Gasteiger partial charge < -0.3 is 15.4 Å². The van der Waals surface area contributed by atoms with Crippen molar-refractivity contribution in [1.29, 1.82) is 0 Å². The Morgan fingerprint density at radius 2 is 1.71 bits per heavy atom. The molecule has 38 heavy (non-hydrogen) atoms. The number of alkyl carbamates (subject to hydrolysis) is 1. The normalized spacial score (nSPS) is 12.5. The smallest absolute Gasteiger partial charge is 0.408 e. The molecule has 7 nitrogen and oxygen atoms in total. The molecule has 2 aromatic carbocycles. The first kappa shape index (κ1) is 30.3. The average Bonchev–Trinajstić information content (AvgIpc) is 2.82. The molecular weight excluding hydrogens is 502 g/mol. The molecule has 0 saturated carbocycles. The second kappa shape index (κ2) is 13.0. The van der Waals surface area contributed by atoms with Crippen molar-refractivity contribution in [2.24, 2.45) is 5.92 Å². The van der Waals surface area contributed by atoms with Gasteiger partial charge in [-0.05, 0) is 69.4 Å². The molecular formula is C30H34ClN3O4. The third kappa shape index (κ3) is 8.30. The van der Waals surface area contributed by atoms with Crippen LogP contribution in [0.1, 0.15) is 63.8 Å². The fraction of sp³-hybridized carbons (Fsp3) is 0.367. The van der Waals surface area contributed by atoms with Crippen molar-refractivity contribution in [3.05, 3.63) is 64.2 Å². The molecule has 2 N–H and O–H groups in total. The van der Waals surface area contributed by atoms with Crippen LogP contribution in [0.4, 0.5) is 10.5 Å². The van der Waals surface area contributed by atoms with Crippen LogP contribution in [0.2, 0.25) is 5.02 Å². The molecule has 0 bridgehead atoms. The number of nitrogens with zero attached hydrogens (tertiary/aromatic N) is 1. The van der Waals surface area contributed by atoms with Crippen LogP contribution in [-0.2, 0) is 14.3 Å². The average molecular weight is 536 g/mol. The lowest BCUT2D eigenvalue weighted by atomic mass is 9.99. The number of para-hydroxylation sites is 1. The molecule has 0 aliphatic heterocycles. The van der Waals surface area contributed by atoms with E-state index in [4.69, 9.17) is 29.2 Å². The van der Waals surface area contributed by atoms with Gasteiger partial charge in [0.05, 0.1) is 10.7 Å². The SMILES string of the molecule is C#Cc1ccc(C(C(=O)Nc2c(C)cccc2Cl)N(C#C)C(=O)C(CC(C)C)NC(=O)OC(C)(C)C)cc1. The van der Waals surface area contributed by atoms with Crippen molar-refractivity contribution < 1.29 is 19.1 Å². The number of terminal acetylenes is 2. The molecule has 0 heterocycles. The Balaban J connectivity index is 2.52. The van der Waals surface area contributed by atoms with E-state index in [2.05, 4.69) is 22.6 Å². The largest absolute Gasteiger partial charge is 0.444 e. The molecule has 200 valence electrons. The Morgan fingerprint density at radius 1 is 1.08 bits per heavy atom. The molecule has 0 fully saturated rings. The van der Waals surface area contributed by atoms with E-state index in [0.717, 1.165) is 10.5 Å². The summed E-state index contributed by atoms with van der Waals surface area (Å²) in [6.45, 7) is 10.8. The monoisotopic (exact) mass is 535 g/mol. The zero-order valence-corrected chi connectivity index (χ0v) is 23.3. The Morgan fingerprint density at radius 3 is 2.21 bits per heavy atom. The van der Waals surface area contributed by atoms with Crippen molar-refractivity contribution in [2.75, 3.05) is 5.32 Å². The van der Waals surface area contributed by atoms with Gasteiger partial charge in [0, 0.05) is 11.6 Å². The summed E-state index contributed by atoms with van der Waals surface area (Å²) in [4.78, 5) is 41.1. The first-order valence-electron chi connectivity index (χ1n) is 12.2. The Kier molecular flexibility index (Phi) is 10.4. The molecule has 2 rings (SSSR count). The minimum absolute atomic E-state index is 0.0199. The lowest BCUT2D eigenvalue weighted by molar-refractivity contribution is -0.137. The number of amides is 3. The molecule has 0 aliphatic rings. The number of carbonyl (C=O) groups excluding carboxylic acids is 3. The number of rotatable bonds is 8. The fourth-order valence-electron chi connectivity index (χ4n) is 3.74. The summed E-state index contributed by atoms with van der Waals surface area (Å²) in [5.74, 6) is 1.33. The van der Waals surface area contributed by atoms with E-state index >= 15 is 0 Å². The van der Waals surface area contributed by atoms with Gasteiger partial charge in [-0.15, -0.1) is 6.42 Å². The summed E-state index contributed by atoms with van der Waals surface area (Å²) in [7, 11) is 0. The summed E-state index contributed by atoms with van der Waals surface area (Å²) in [5, 5.41) is 5.77. The van der Waals surface area contributed by atoms with Crippen LogP contribution in [0, 0.1) is 37.7 Å². The number of carbonyl (C=O) groups is 3. The first-order valence-corrected chi connectivity index (χ1v) is 12.6. The Labute approximate surface area is 230 Å². The van der Waals surface area contributed by atoms with Crippen molar-refractivity contribution in [1.82, 2.24) is 10.2 Å². The standard InChI is InChI=1S/C30H34ClN3O4/c1-9-21-14-16-22(17-15-21)26(27(35)33-25-20(5)12-11-13-23(25)31)34(10-2)28(36)24(18-19(3)4)32-29(37)38-30(6,7)8/h1-2,11-17,19,24,26H,18H2,3-8H3,(H,32,37)(H,33,35). The molecule has 0 radical (unpaired) electrons. The topological polar surface area (TPSA) is 87.7 Å². The Hall–Kier alpha value is -3.94. The number of halogens is 1. The molecule has 2 atom stereocenters. The van der Waals surface area contributed by atoms with E-state index in [1.807, 2.05) is 13.8 Å². The number of hydrogen-bond donors (Lipinski definition) is 2. The van der Waals surface area contributed by atoms with Gasteiger partial charge in [-0.2, -0.15) is 0 Å². The van der Waals surface area contributed by atoms with Gasteiger partial charge in [-0.3, -0.25) is 14.5 Å². The summed E-state index contributed by atoms with van der Waals surface area (Å²) in [5.41, 5.74) is 1.39. The molecule has 2 aromatic rings. The van der Waals surface area contributed by atoms with Crippen LogP contribution < -0.4 is 10.6 Å². The van der Waals surface area contributed by atoms with Gasteiger partial charge in [-0.1, -0.05) is 62.1 Å². The molecule has 3 amide bonds. The molecule has 0 saturated heterocycles. The second-order valence-electron chi connectivity index (χ2n) is 10.3. The second-order valence-corrected chi connectivity index (χ2v) is 10.7. The van der Waals surface area contributed by atoms with Crippen molar-refractivity contribution in [3.8, 4) is 24.8 Å². The highest BCUT2D eigenvalue weighted by Gasteiger charge is 2.36. The van der Waals surface area contributed by atoms with E-state index in [1.54, 1.807) is 70.2 Å². The highest BCUT2D eigenvalue weighted by atomic mass is 35.5. The van der Waals surface area contributed by atoms with Crippen LogP contribution in [-0.4, -0.2) is 34.5 Å². The van der Waals surface area contributed by atoms with Crippen LogP contribution in [0.5, 0.6) is 0 Å². The number of aryl methyl sites for hydroxylation is 1. The first-order chi connectivity index (χ1) is 17.8. The molecule has 2 unspecified atom stereocenters. The van der Waals surface area contributed by atoms with E-state index in [0.29, 0.717) is 21.8 Å². The number of nitrogens with one attached hydrogen (secondary N) is 2. The van der Waals surface area contributed by atoms with Crippen molar-refractivity contribution >= 4 is 35.2 Å². The van der Waals surface area contributed by atoms with E-state index < -0.39 is 35.6 Å². The fourth-order valence-corrected chi connectivity index (χ4v) is 4.01. The maximum Gasteiger partial charge on any atom is 0.408 e. The zero-order valence-electron chi connectivity index (χ0n) is 22.6. The minimum atomic E-state index is -1.25. The molecule has 0 spiro atoms. The van der Waals surface area contributed by atoms with Gasteiger partial charge in [-0.25, -0.2) is 4.79 Å². The van der Waals surface area contributed by atoms with Crippen LogP contribution >= 0.6 is 11.6 Å². The number of benzene rings is 2. The van der Waals surface area contributed by atoms with Gasteiger partial charge in [0.1, 0.15) is 17.7 Å². The van der Waals surface area contributed by atoms with E-state index in [1.165, 1.54) is 0 Å². The van der Waals surface area contributed by atoms with Crippen LogP contribution in [0.25, 0.3) is 0 Å². The summed E-state index contributed by atoms with van der Waals surface area (Å²) < 4.78 is 5.35. The van der Waals surface area contributed by atoms with Crippen LogP contribution in [0.3, 0.4) is 0 Å². The molecule has 0 aliphatic carbocycles. The number of anilines is 1. The van der Waals surface area contributed by atoms with Crippen molar-refractivity contribution in [2.45, 2.75) is 65.6 Å². The highest BCUT2D eigenvalue weighted by molar-refractivity contribution is 6.34. The van der Waals surface area contributed by atoms with Crippen LogP contribution in [0.15, 0.2) is 42.5 Å². The molecule has 8 heteroatoms. The summed E-state index contributed by atoms with van der Waals surface area (Å²) in [6, 6.07) is 11.9. The van der Waals surface area contributed by atoms with Crippen molar-refractivity contribution in [3.63, 3.8) is 0 Å². The predicted octanol–water partition coefficient (Wildman–Crippen LogP) is 5.67. The molecule has 0 aromatic heterocycles.